The minimum atomic E-state index is -0.895. The third-order valence-corrected chi connectivity index (χ3v) is 6.92. The Labute approximate surface area is 205 Å². The molecule has 0 saturated heterocycles. The van der Waals surface area contributed by atoms with Crippen LogP contribution in [-0.2, 0) is 4.79 Å². The lowest BCUT2D eigenvalue weighted by Gasteiger charge is -2.31. The number of hydrogen-bond acceptors (Lipinski definition) is 3. The summed E-state index contributed by atoms with van der Waals surface area (Å²) in [5.74, 6) is -0.579. The molecule has 3 rings (SSSR count). The van der Waals surface area contributed by atoms with Crippen LogP contribution in [0.3, 0.4) is 0 Å². The van der Waals surface area contributed by atoms with Crippen molar-refractivity contribution in [3.63, 3.8) is 0 Å². The molecule has 1 aromatic carbocycles. The standard InChI is InChI=1S/C25H33Cl2N3O3/c1-15(26)10-18(24(32)28-2)14-23(31)21(11-16-6-4-3-5-7-16)30-25(33)22-13-17-12-19(27)8-9-20(17)29-22/h8-9,12-13,16,18,21,23,29,31H,1,3-7,10-11,14H2,2H3,(H,28,32)(H,30,33)/t18-,21-,23-/m0/s1. The first-order valence-corrected chi connectivity index (χ1v) is 12.3. The van der Waals surface area contributed by atoms with Gasteiger partial charge < -0.3 is 20.7 Å². The van der Waals surface area contributed by atoms with E-state index in [-0.39, 0.29) is 24.7 Å². The van der Waals surface area contributed by atoms with E-state index < -0.39 is 18.1 Å². The average Bonchev–Trinajstić information content (AvgIpc) is 3.21. The summed E-state index contributed by atoms with van der Waals surface area (Å²) in [7, 11) is 1.56. The van der Waals surface area contributed by atoms with Gasteiger partial charge in [0.25, 0.3) is 5.91 Å². The van der Waals surface area contributed by atoms with Gasteiger partial charge in [0.1, 0.15) is 5.69 Å². The molecule has 3 atom stereocenters. The number of rotatable bonds is 10. The fourth-order valence-electron chi connectivity index (χ4n) is 4.78. The molecule has 0 spiro atoms. The summed E-state index contributed by atoms with van der Waals surface area (Å²) < 4.78 is 0. The molecule has 33 heavy (non-hydrogen) atoms. The quantitative estimate of drug-likeness (QED) is 0.368. The van der Waals surface area contributed by atoms with Crippen LogP contribution in [-0.4, -0.2) is 41.1 Å². The van der Waals surface area contributed by atoms with Crippen molar-refractivity contribution >= 4 is 45.9 Å². The molecule has 8 heteroatoms. The number of carbonyl (C=O) groups excluding carboxylic acids is 2. The highest BCUT2D eigenvalue weighted by molar-refractivity contribution is 6.31. The maximum Gasteiger partial charge on any atom is 0.268 e. The predicted molar refractivity (Wildman–Crippen MR) is 134 cm³/mol. The number of amides is 2. The highest BCUT2D eigenvalue weighted by Crippen LogP contribution is 2.30. The second kappa shape index (κ2) is 11.9. The number of H-pyrrole nitrogens is 1. The van der Waals surface area contributed by atoms with Gasteiger partial charge in [0, 0.05) is 33.9 Å². The highest BCUT2D eigenvalue weighted by Gasteiger charge is 2.31. The van der Waals surface area contributed by atoms with Crippen LogP contribution >= 0.6 is 23.2 Å². The Bertz CT molecular complexity index is 984. The molecule has 2 amide bonds. The van der Waals surface area contributed by atoms with Crippen LogP contribution in [0.4, 0.5) is 0 Å². The van der Waals surface area contributed by atoms with Gasteiger partial charge in [-0.05, 0) is 49.4 Å². The number of benzene rings is 1. The lowest BCUT2D eigenvalue weighted by atomic mass is 9.82. The number of carbonyl (C=O) groups is 2. The van der Waals surface area contributed by atoms with Gasteiger partial charge in [0.05, 0.1) is 12.1 Å². The van der Waals surface area contributed by atoms with Gasteiger partial charge in [-0.15, -0.1) is 0 Å². The van der Waals surface area contributed by atoms with E-state index in [1.165, 1.54) is 6.42 Å². The Morgan fingerprint density at radius 1 is 1.24 bits per heavy atom. The molecule has 1 aliphatic carbocycles. The van der Waals surface area contributed by atoms with Crippen molar-refractivity contribution in [3.8, 4) is 0 Å². The lowest BCUT2D eigenvalue weighted by Crippen LogP contribution is -2.46. The second-order valence-electron chi connectivity index (χ2n) is 9.07. The van der Waals surface area contributed by atoms with Crippen LogP contribution in [0.2, 0.25) is 5.02 Å². The molecule has 4 N–H and O–H groups in total. The number of halogens is 2. The Hall–Kier alpha value is -2.02. The van der Waals surface area contributed by atoms with Crippen molar-refractivity contribution in [3.05, 3.63) is 46.6 Å². The predicted octanol–water partition coefficient (Wildman–Crippen LogP) is 5.15. The number of aliphatic hydroxyl groups excluding tert-OH is 1. The lowest BCUT2D eigenvalue weighted by molar-refractivity contribution is -0.125. The number of aliphatic hydroxyl groups is 1. The molecular formula is C25H33Cl2N3O3. The molecule has 0 unspecified atom stereocenters. The Morgan fingerprint density at radius 2 is 1.97 bits per heavy atom. The van der Waals surface area contributed by atoms with E-state index >= 15 is 0 Å². The molecule has 1 fully saturated rings. The molecular weight excluding hydrogens is 461 g/mol. The van der Waals surface area contributed by atoms with Crippen LogP contribution in [0.15, 0.2) is 35.9 Å². The van der Waals surface area contributed by atoms with Gasteiger partial charge in [-0.25, -0.2) is 0 Å². The summed E-state index contributed by atoms with van der Waals surface area (Å²) in [6, 6.07) is 6.67. The van der Waals surface area contributed by atoms with E-state index in [2.05, 4.69) is 22.2 Å². The monoisotopic (exact) mass is 493 g/mol. The van der Waals surface area contributed by atoms with Gasteiger partial charge in [-0.1, -0.05) is 61.9 Å². The molecule has 1 heterocycles. The summed E-state index contributed by atoms with van der Waals surface area (Å²) in [5.41, 5.74) is 1.22. The Balaban J connectivity index is 1.77. The van der Waals surface area contributed by atoms with Gasteiger partial charge >= 0.3 is 0 Å². The fraction of sp³-hybridized carbons (Fsp3) is 0.520. The van der Waals surface area contributed by atoms with Crippen molar-refractivity contribution in [2.75, 3.05) is 7.05 Å². The first-order valence-electron chi connectivity index (χ1n) is 11.6. The minimum absolute atomic E-state index is 0.186. The molecule has 0 aliphatic heterocycles. The van der Waals surface area contributed by atoms with E-state index in [1.54, 1.807) is 25.2 Å². The van der Waals surface area contributed by atoms with Crippen molar-refractivity contribution in [1.29, 1.82) is 0 Å². The second-order valence-corrected chi connectivity index (χ2v) is 10.0. The first kappa shape index (κ1) is 25.6. The van der Waals surface area contributed by atoms with E-state index in [4.69, 9.17) is 23.2 Å². The van der Waals surface area contributed by atoms with E-state index in [1.807, 2.05) is 6.07 Å². The number of allylic oxidation sites excluding steroid dienone is 1. The zero-order valence-corrected chi connectivity index (χ0v) is 20.5. The molecule has 1 aromatic heterocycles. The van der Waals surface area contributed by atoms with E-state index in [9.17, 15) is 14.7 Å². The van der Waals surface area contributed by atoms with Gasteiger partial charge in [0.2, 0.25) is 5.91 Å². The summed E-state index contributed by atoms with van der Waals surface area (Å²) >= 11 is 12.0. The van der Waals surface area contributed by atoms with E-state index in [0.717, 1.165) is 36.6 Å². The molecule has 0 radical (unpaired) electrons. The van der Waals surface area contributed by atoms with Crippen LogP contribution in [0.1, 0.15) is 61.9 Å². The largest absolute Gasteiger partial charge is 0.391 e. The Morgan fingerprint density at radius 3 is 2.64 bits per heavy atom. The van der Waals surface area contributed by atoms with Crippen LogP contribution < -0.4 is 10.6 Å². The Kier molecular flexibility index (Phi) is 9.24. The summed E-state index contributed by atoms with van der Waals surface area (Å²) in [6.07, 6.45) is 5.95. The molecule has 180 valence electrons. The average molecular weight is 494 g/mol. The maximum atomic E-state index is 13.1. The fourth-order valence-corrected chi connectivity index (χ4v) is 5.14. The van der Waals surface area contributed by atoms with Gasteiger partial charge in [-0.3, -0.25) is 9.59 Å². The topological polar surface area (TPSA) is 94.2 Å². The van der Waals surface area contributed by atoms with Crippen molar-refractivity contribution in [1.82, 2.24) is 15.6 Å². The molecule has 6 nitrogen and oxygen atoms in total. The number of nitrogens with one attached hydrogen (secondary N) is 3. The summed E-state index contributed by atoms with van der Waals surface area (Å²) in [4.78, 5) is 28.6. The first-order chi connectivity index (χ1) is 15.8. The van der Waals surface area contributed by atoms with E-state index in [0.29, 0.717) is 28.1 Å². The molecule has 2 aromatic rings. The van der Waals surface area contributed by atoms with Crippen LogP contribution in [0, 0.1) is 11.8 Å². The maximum absolute atomic E-state index is 13.1. The summed E-state index contributed by atoms with van der Waals surface area (Å²) in [6.45, 7) is 3.69. The zero-order valence-electron chi connectivity index (χ0n) is 19.0. The minimum Gasteiger partial charge on any atom is -0.391 e. The summed E-state index contributed by atoms with van der Waals surface area (Å²) in [5, 5.41) is 18.6. The SMILES string of the molecule is C=C(Cl)C[C@@H](C[C@H](O)[C@H](CC1CCCCC1)NC(=O)c1cc2cc(Cl)ccc2[nH]1)C(=O)NC. The van der Waals surface area contributed by atoms with Gasteiger partial charge in [0.15, 0.2) is 0 Å². The number of aromatic nitrogens is 1. The zero-order chi connectivity index (χ0) is 24.0. The van der Waals surface area contributed by atoms with Crippen molar-refractivity contribution in [2.24, 2.45) is 11.8 Å². The highest BCUT2D eigenvalue weighted by atomic mass is 35.5. The third kappa shape index (κ3) is 7.23. The molecule has 1 aliphatic rings. The number of fused-ring (bicyclic) bond motifs is 1. The normalized spacial score (nSPS) is 17.3. The van der Waals surface area contributed by atoms with Crippen molar-refractivity contribution < 1.29 is 14.7 Å². The third-order valence-electron chi connectivity index (χ3n) is 6.53. The van der Waals surface area contributed by atoms with Crippen molar-refractivity contribution in [2.45, 2.75) is 63.5 Å². The molecule has 0 bridgehead atoms. The smallest absolute Gasteiger partial charge is 0.268 e. The van der Waals surface area contributed by atoms with Gasteiger partial charge in [-0.2, -0.15) is 0 Å². The number of aromatic amines is 1. The number of hydrogen-bond donors (Lipinski definition) is 4. The molecule has 1 saturated carbocycles. The van der Waals surface area contributed by atoms with Crippen LogP contribution in [0.5, 0.6) is 0 Å². The van der Waals surface area contributed by atoms with Crippen LogP contribution in [0.25, 0.3) is 10.9 Å².